The number of aromatic amines is 1. The molecule has 0 amide bonds. The number of alkyl halides is 4. The summed E-state index contributed by atoms with van der Waals surface area (Å²) in [5.74, 6) is -3.33. The highest BCUT2D eigenvalue weighted by Crippen LogP contribution is 2.41. The van der Waals surface area contributed by atoms with E-state index in [0.717, 1.165) is 25.0 Å². The third kappa shape index (κ3) is 5.80. The lowest BCUT2D eigenvalue weighted by Gasteiger charge is -2.39. The van der Waals surface area contributed by atoms with Crippen molar-refractivity contribution < 1.29 is 26.3 Å². The number of aromatic nitrogens is 4. The molecule has 2 bridgehead atoms. The Morgan fingerprint density at radius 2 is 1.77 bits per heavy atom. The molecule has 2 N–H and O–H groups in total. The number of nitrogens with one attached hydrogen (secondary N) is 2. The number of anilines is 2. The van der Waals surface area contributed by atoms with Gasteiger partial charge in [0.1, 0.15) is 11.5 Å². The first-order chi connectivity index (χ1) is 18.7. The minimum absolute atomic E-state index is 0.0145. The Labute approximate surface area is 226 Å². The topological polar surface area (TPSA) is 69.7 Å². The Morgan fingerprint density at radius 1 is 1.03 bits per heavy atom. The fraction of sp³-hybridized carbons (Fsp3) is 0.500. The number of hydrogen-bond donors (Lipinski definition) is 2. The summed E-state index contributed by atoms with van der Waals surface area (Å²) in [6.45, 7) is 1.13. The van der Waals surface area contributed by atoms with Crippen molar-refractivity contribution in [1.29, 1.82) is 0 Å². The van der Waals surface area contributed by atoms with Crippen molar-refractivity contribution in [2.45, 2.75) is 50.2 Å². The van der Waals surface area contributed by atoms with Gasteiger partial charge in [0.15, 0.2) is 17.5 Å². The number of fused-ring (bicyclic) bond motifs is 2. The van der Waals surface area contributed by atoms with Crippen molar-refractivity contribution >= 4 is 23.2 Å². The Hall–Kier alpha value is -3.02. The Kier molecular flexibility index (Phi) is 7.93. The molecule has 1 saturated carbocycles. The van der Waals surface area contributed by atoms with Gasteiger partial charge in [-0.1, -0.05) is 12.5 Å². The minimum atomic E-state index is -4.51. The second kappa shape index (κ2) is 11.2. The molecule has 210 valence electrons. The van der Waals surface area contributed by atoms with E-state index in [9.17, 15) is 26.3 Å². The zero-order valence-corrected chi connectivity index (χ0v) is 21.5. The van der Waals surface area contributed by atoms with Gasteiger partial charge in [-0.2, -0.15) is 13.2 Å². The lowest BCUT2D eigenvalue weighted by Crippen LogP contribution is -2.48. The molecule has 39 heavy (non-hydrogen) atoms. The number of benzene rings is 1. The number of halogens is 7. The van der Waals surface area contributed by atoms with Crippen LogP contribution in [0, 0.1) is 29.3 Å². The molecule has 2 aliphatic rings. The highest BCUT2D eigenvalue weighted by atomic mass is 35.5. The molecule has 1 aromatic carbocycles. The zero-order valence-electron chi connectivity index (χ0n) is 20.8. The fourth-order valence-electron chi connectivity index (χ4n) is 5.79. The molecule has 4 atom stereocenters. The smallest absolute Gasteiger partial charge is 0.371 e. The van der Waals surface area contributed by atoms with Crippen LogP contribution in [0.2, 0.25) is 0 Å². The van der Waals surface area contributed by atoms with E-state index < -0.39 is 35.2 Å². The van der Waals surface area contributed by atoms with Crippen LogP contribution in [0.5, 0.6) is 0 Å². The average Bonchev–Trinajstić information content (AvgIpc) is 3.45. The van der Waals surface area contributed by atoms with Crippen molar-refractivity contribution in [1.82, 2.24) is 20.2 Å². The predicted octanol–water partition coefficient (Wildman–Crippen LogP) is 6.50. The van der Waals surface area contributed by atoms with E-state index in [1.807, 2.05) is 4.90 Å². The van der Waals surface area contributed by atoms with Gasteiger partial charge < -0.3 is 15.2 Å². The van der Waals surface area contributed by atoms with Crippen LogP contribution in [-0.4, -0.2) is 45.2 Å². The van der Waals surface area contributed by atoms with Crippen molar-refractivity contribution in [3.8, 4) is 0 Å². The Bertz CT molecular complexity index is 1290. The average molecular weight is 573 g/mol. The molecule has 0 radical (unpaired) electrons. The van der Waals surface area contributed by atoms with Gasteiger partial charge in [0.25, 0.3) is 0 Å². The maximum Gasteiger partial charge on any atom is 0.433 e. The van der Waals surface area contributed by atoms with Crippen LogP contribution in [0.3, 0.4) is 0 Å². The normalized spacial score (nSPS) is 21.8. The quantitative estimate of drug-likeness (QED) is 0.132. The number of rotatable bonds is 9. The van der Waals surface area contributed by atoms with E-state index in [1.165, 1.54) is 12.3 Å². The van der Waals surface area contributed by atoms with E-state index in [2.05, 4.69) is 25.5 Å². The molecule has 2 fully saturated rings. The van der Waals surface area contributed by atoms with Gasteiger partial charge >= 0.3 is 6.18 Å². The highest BCUT2D eigenvalue weighted by molar-refractivity contribution is 6.17. The first-order valence-electron chi connectivity index (χ1n) is 12.8. The first kappa shape index (κ1) is 27.5. The fourth-order valence-corrected chi connectivity index (χ4v) is 5.98. The Balaban J connectivity index is 1.31. The summed E-state index contributed by atoms with van der Waals surface area (Å²) in [6.07, 6.45) is 0.147. The van der Waals surface area contributed by atoms with Crippen LogP contribution >= 0.6 is 11.6 Å². The van der Waals surface area contributed by atoms with Crippen LogP contribution in [0.1, 0.15) is 55.1 Å². The van der Waals surface area contributed by atoms with E-state index in [0.29, 0.717) is 55.7 Å². The summed E-state index contributed by atoms with van der Waals surface area (Å²) in [5.41, 5.74) is -0.446. The molecule has 2 aromatic heterocycles. The maximum absolute atomic E-state index is 14.7. The largest absolute Gasteiger partial charge is 0.433 e. The molecule has 1 aliphatic carbocycles. The van der Waals surface area contributed by atoms with Gasteiger partial charge in [0.2, 0.25) is 5.95 Å². The monoisotopic (exact) mass is 572 g/mol. The van der Waals surface area contributed by atoms with Gasteiger partial charge in [-0.15, -0.1) is 21.8 Å². The first-order valence-corrected chi connectivity index (χ1v) is 13.4. The third-order valence-electron chi connectivity index (χ3n) is 7.69. The molecule has 3 aromatic rings. The lowest BCUT2D eigenvalue weighted by molar-refractivity contribution is -0.141. The summed E-state index contributed by atoms with van der Waals surface area (Å²) >= 11 is 5.79. The lowest BCUT2D eigenvalue weighted by atomic mass is 9.91. The van der Waals surface area contributed by atoms with E-state index in [-0.39, 0.29) is 23.4 Å². The summed E-state index contributed by atoms with van der Waals surface area (Å²) in [5, 5.41) is 11.8. The van der Waals surface area contributed by atoms with Crippen LogP contribution in [0.15, 0.2) is 30.5 Å². The van der Waals surface area contributed by atoms with Gasteiger partial charge in [0, 0.05) is 48.4 Å². The minimum Gasteiger partial charge on any atom is -0.371 e. The number of nitrogens with zero attached hydrogens (tertiary/aromatic N) is 4. The molecule has 5 rings (SSSR count). The molecular formula is C26H27ClF6N6. The van der Waals surface area contributed by atoms with Gasteiger partial charge in [-0.25, -0.2) is 13.2 Å². The maximum atomic E-state index is 14.7. The van der Waals surface area contributed by atoms with Crippen LogP contribution in [0.4, 0.5) is 38.0 Å². The number of unbranched alkanes of at least 4 members (excludes halogenated alkanes) is 1. The third-order valence-corrected chi connectivity index (χ3v) is 7.95. The Morgan fingerprint density at radius 3 is 2.46 bits per heavy atom. The second-order valence-corrected chi connectivity index (χ2v) is 10.5. The van der Waals surface area contributed by atoms with Crippen LogP contribution in [0.25, 0.3) is 0 Å². The van der Waals surface area contributed by atoms with E-state index in [4.69, 9.17) is 11.6 Å². The van der Waals surface area contributed by atoms with Crippen molar-refractivity contribution in [3.63, 3.8) is 0 Å². The highest BCUT2D eigenvalue weighted by Gasteiger charge is 2.43. The molecule has 3 heterocycles. The van der Waals surface area contributed by atoms with Crippen LogP contribution in [-0.2, 0) is 6.18 Å². The SMILES string of the molecule is Fc1ccc(C(CCCCCl)c2nnc(N[C@@H]3C4CC[C@H]3CN(c3ccnc(C(F)(F)F)c3)C4)[nH]2)c(F)c1F. The van der Waals surface area contributed by atoms with Gasteiger partial charge in [-0.05, 0) is 55.7 Å². The van der Waals surface area contributed by atoms with Crippen molar-refractivity contribution in [2.75, 3.05) is 29.2 Å². The van der Waals surface area contributed by atoms with Crippen LogP contribution < -0.4 is 10.2 Å². The summed E-state index contributed by atoms with van der Waals surface area (Å²) < 4.78 is 81.7. The standard InChI is InChI=1S/C26H27ClF6N6/c27-9-2-1-3-18(17-6-7-19(28)22(30)21(17)29)24-36-25(38-37-24)35-23-14-4-5-15(23)13-39(12-14)16-8-10-34-20(11-16)26(31,32)33/h6-8,10-11,14-15,18,23H,1-5,9,12-13H2,(H2,35,36,37,38)/t14-,15?,18?,23-/m0/s1. The van der Waals surface area contributed by atoms with E-state index >= 15 is 0 Å². The number of piperidine rings is 1. The molecule has 6 nitrogen and oxygen atoms in total. The van der Waals surface area contributed by atoms with E-state index in [1.54, 1.807) is 6.07 Å². The molecule has 0 spiro atoms. The molecule has 1 saturated heterocycles. The number of pyridine rings is 1. The van der Waals surface area contributed by atoms with Gasteiger partial charge in [0.05, 0.1) is 0 Å². The molecular weight excluding hydrogens is 546 g/mol. The summed E-state index contributed by atoms with van der Waals surface area (Å²) in [6, 6.07) is 4.79. The number of H-pyrrole nitrogens is 1. The van der Waals surface area contributed by atoms with Crippen molar-refractivity contribution in [2.24, 2.45) is 11.8 Å². The molecule has 2 unspecified atom stereocenters. The molecule has 1 aliphatic heterocycles. The summed E-state index contributed by atoms with van der Waals surface area (Å²) in [7, 11) is 0. The predicted molar refractivity (Wildman–Crippen MR) is 134 cm³/mol. The summed E-state index contributed by atoms with van der Waals surface area (Å²) in [4.78, 5) is 8.50. The second-order valence-electron chi connectivity index (χ2n) is 10.1. The van der Waals surface area contributed by atoms with Gasteiger partial charge in [-0.3, -0.25) is 4.98 Å². The molecule has 13 heteroatoms. The zero-order chi connectivity index (χ0) is 27.7. The number of hydrogen-bond acceptors (Lipinski definition) is 5. The van der Waals surface area contributed by atoms with Crippen molar-refractivity contribution in [3.05, 3.63) is 65.0 Å².